The zero-order valence-electron chi connectivity index (χ0n) is 18.0. The third-order valence-electron chi connectivity index (χ3n) is 7.23. The molecular formula is C21H25F3N4O4S. The summed E-state index contributed by atoms with van der Waals surface area (Å²) >= 11 is 0. The van der Waals surface area contributed by atoms with E-state index in [4.69, 9.17) is 4.74 Å². The summed E-state index contributed by atoms with van der Waals surface area (Å²) in [7, 11) is -1.79. The predicted octanol–water partition coefficient (Wildman–Crippen LogP) is 2.63. The van der Waals surface area contributed by atoms with E-state index in [1.807, 2.05) is 0 Å². The van der Waals surface area contributed by atoms with Gasteiger partial charge in [0.25, 0.3) is 5.91 Å². The number of ether oxygens (including phenoxy) is 1. The quantitative estimate of drug-likeness (QED) is 0.600. The summed E-state index contributed by atoms with van der Waals surface area (Å²) < 4.78 is 70.4. The first-order chi connectivity index (χ1) is 15.5. The van der Waals surface area contributed by atoms with Gasteiger partial charge in [0.1, 0.15) is 0 Å². The molecule has 3 aliphatic carbocycles. The molecule has 1 aromatic carbocycles. The molecule has 1 aliphatic heterocycles. The number of carbonyl (C=O) groups excluding carboxylic acids is 1. The van der Waals surface area contributed by atoms with Gasteiger partial charge in [0.05, 0.1) is 34.4 Å². The molecule has 12 heteroatoms. The molecular weight excluding hydrogens is 461 g/mol. The Morgan fingerprint density at radius 2 is 1.82 bits per heavy atom. The van der Waals surface area contributed by atoms with Crippen LogP contribution < -0.4 is 9.73 Å². The van der Waals surface area contributed by atoms with Crippen molar-refractivity contribution in [1.29, 1.82) is 5.26 Å². The SMILES string of the molecule is COC1CN(N(c2ccc(C(F)(F)F)cc2C(=O)NC23CCC(C#N)(CC2)CC3)[SH](=O)=O)C1. The molecule has 1 amide bonds. The molecule has 1 heterocycles. The minimum absolute atomic E-state index is 0.138. The van der Waals surface area contributed by atoms with Crippen molar-refractivity contribution in [2.75, 3.05) is 24.6 Å². The average Bonchev–Trinajstić information content (AvgIpc) is 2.75. The van der Waals surface area contributed by atoms with Crippen molar-refractivity contribution in [3.8, 4) is 6.07 Å². The number of alkyl halides is 3. The Bertz CT molecular complexity index is 1030. The highest BCUT2D eigenvalue weighted by atomic mass is 32.2. The molecule has 8 nitrogen and oxygen atoms in total. The fourth-order valence-electron chi connectivity index (χ4n) is 4.98. The van der Waals surface area contributed by atoms with Gasteiger partial charge in [-0.15, -0.1) is 0 Å². The second-order valence-corrected chi connectivity index (χ2v) is 9.97. The number of nitriles is 1. The lowest BCUT2D eigenvalue weighted by atomic mass is 9.58. The molecule has 3 saturated carbocycles. The van der Waals surface area contributed by atoms with Crippen LogP contribution in [-0.4, -0.2) is 51.2 Å². The lowest BCUT2D eigenvalue weighted by Crippen LogP contribution is -2.60. The predicted molar refractivity (Wildman–Crippen MR) is 113 cm³/mol. The molecule has 0 radical (unpaired) electrons. The van der Waals surface area contributed by atoms with Crippen LogP contribution in [-0.2, 0) is 21.8 Å². The molecule has 4 fully saturated rings. The van der Waals surface area contributed by atoms with Gasteiger partial charge < -0.3 is 10.1 Å². The number of nitrogens with one attached hydrogen (secondary N) is 1. The number of hydrogen-bond donors (Lipinski definition) is 2. The Morgan fingerprint density at radius 1 is 1.21 bits per heavy atom. The van der Waals surface area contributed by atoms with Gasteiger partial charge in [-0.1, -0.05) is 0 Å². The summed E-state index contributed by atoms with van der Waals surface area (Å²) in [5.74, 6) is -0.756. The molecule has 1 aromatic rings. The first-order valence-electron chi connectivity index (χ1n) is 10.7. The number of benzene rings is 1. The van der Waals surface area contributed by atoms with Gasteiger partial charge in [0, 0.05) is 25.7 Å². The van der Waals surface area contributed by atoms with Gasteiger partial charge in [-0.3, -0.25) is 4.79 Å². The zero-order chi connectivity index (χ0) is 24.0. The van der Waals surface area contributed by atoms with E-state index in [-0.39, 0.29) is 35.9 Å². The number of methoxy groups -OCH3 is 1. The van der Waals surface area contributed by atoms with Crippen LogP contribution >= 0.6 is 0 Å². The second kappa shape index (κ2) is 8.45. The van der Waals surface area contributed by atoms with E-state index in [1.54, 1.807) is 0 Å². The van der Waals surface area contributed by atoms with E-state index >= 15 is 0 Å². The fraction of sp³-hybridized carbons (Fsp3) is 0.619. The van der Waals surface area contributed by atoms with Crippen LogP contribution in [0.4, 0.5) is 18.9 Å². The normalized spacial score (nSPS) is 27.8. The lowest BCUT2D eigenvalue weighted by molar-refractivity contribution is -0.137. The Balaban J connectivity index is 1.67. The van der Waals surface area contributed by atoms with Crippen molar-refractivity contribution in [3.05, 3.63) is 29.3 Å². The summed E-state index contributed by atoms with van der Waals surface area (Å²) in [5, 5.41) is 13.8. The van der Waals surface area contributed by atoms with Crippen LogP contribution in [0.25, 0.3) is 0 Å². The average molecular weight is 487 g/mol. The highest BCUT2D eigenvalue weighted by Crippen LogP contribution is 2.52. The number of amides is 1. The summed E-state index contributed by atoms with van der Waals surface area (Å²) in [6.45, 7) is 0.449. The van der Waals surface area contributed by atoms with E-state index in [9.17, 15) is 31.6 Å². The van der Waals surface area contributed by atoms with Crippen LogP contribution in [0.5, 0.6) is 0 Å². The molecule has 33 heavy (non-hydrogen) atoms. The fourth-order valence-corrected chi connectivity index (χ4v) is 5.68. The van der Waals surface area contributed by atoms with Crippen molar-refractivity contribution < 1.29 is 31.1 Å². The number of thiol groups is 1. The monoisotopic (exact) mass is 486 g/mol. The second-order valence-electron chi connectivity index (χ2n) is 9.11. The van der Waals surface area contributed by atoms with Crippen LogP contribution in [0.2, 0.25) is 0 Å². The minimum Gasteiger partial charge on any atom is -0.379 e. The molecule has 180 valence electrons. The Hall–Kier alpha value is -2.36. The zero-order valence-corrected chi connectivity index (χ0v) is 18.9. The van der Waals surface area contributed by atoms with Gasteiger partial charge >= 0.3 is 6.18 Å². The van der Waals surface area contributed by atoms with E-state index in [1.165, 1.54) is 12.1 Å². The van der Waals surface area contributed by atoms with Gasteiger partial charge in [-0.05, 0) is 56.7 Å². The summed E-state index contributed by atoms with van der Waals surface area (Å²) in [6.07, 6.45) is -1.39. The molecule has 4 aliphatic rings. The number of hydrogen-bond acceptors (Lipinski definition) is 6. The first-order valence-corrected chi connectivity index (χ1v) is 11.8. The van der Waals surface area contributed by atoms with Crippen molar-refractivity contribution in [2.24, 2.45) is 5.41 Å². The Kier molecular flexibility index (Phi) is 6.09. The third kappa shape index (κ3) is 4.41. The first kappa shape index (κ1) is 23.8. The molecule has 0 aromatic heterocycles. The highest BCUT2D eigenvalue weighted by molar-refractivity contribution is 7.73. The number of halogens is 3. The van der Waals surface area contributed by atoms with E-state index < -0.39 is 34.1 Å². The summed E-state index contributed by atoms with van der Waals surface area (Å²) in [6, 6.07) is 4.86. The summed E-state index contributed by atoms with van der Waals surface area (Å²) in [4.78, 5) is 13.3. The van der Waals surface area contributed by atoms with Crippen LogP contribution in [0.3, 0.4) is 0 Å². The van der Waals surface area contributed by atoms with Gasteiger partial charge in [-0.2, -0.15) is 18.4 Å². The van der Waals surface area contributed by atoms with Gasteiger partial charge in [0.2, 0.25) is 10.9 Å². The summed E-state index contributed by atoms with van der Waals surface area (Å²) in [5.41, 5.74) is -2.53. The molecule has 0 atom stereocenters. The largest absolute Gasteiger partial charge is 0.416 e. The number of rotatable bonds is 6. The maximum absolute atomic E-state index is 13.4. The van der Waals surface area contributed by atoms with Crippen molar-refractivity contribution in [1.82, 2.24) is 10.3 Å². The molecule has 1 saturated heterocycles. The van der Waals surface area contributed by atoms with E-state index in [0.717, 1.165) is 16.5 Å². The van der Waals surface area contributed by atoms with Gasteiger partial charge in [0.15, 0.2) is 0 Å². The molecule has 0 unspecified atom stereocenters. The Labute approximate surface area is 191 Å². The molecule has 1 N–H and O–H groups in total. The molecule has 0 spiro atoms. The van der Waals surface area contributed by atoms with Crippen LogP contribution in [0.15, 0.2) is 18.2 Å². The van der Waals surface area contributed by atoms with Crippen molar-refractivity contribution in [3.63, 3.8) is 0 Å². The van der Waals surface area contributed by atoms with Gasteiger partial charge in [-0.25, -0.2) is 17.8 Å². The topological polar surface area (TPSA) is 103 Å². The van der Waals surface area contributed by atoms with Crippen LogP contribution in [0.1, 0.15) is 54.4 Å². The van der Waals surface area contributed by atoms with Crippen molar-refractivity contribution in [2.45, 2.75) is 56.3 Å². The molecule has 2 bridgehead atoms. The number of nitrogens with zero attached hydrogens (tertiary/aromatic N) is 3. The van der Waals surface area contributed by atoms with E-state index in [2.05, 4.69) is 11.4 Å². The minimum atomic E-state index is -4.70. The maximum Gasteiger partial charge on any atom is 0.416 e. The standard InChI is InChI=1S/C21H25F3N4O4S/c1-32-15-11-27(12-15)28(33(30)31)17-3-2-14(21(22,23)24)10-16(17)18(29)26-20-7-4-19(13-25,5-8-20)6-9-20/h2-3,10,15,33H,4-9,11-12H2,1H3,(H,26,29). The molecule has 5 rings (SSSR count). The lowest BCUT2D eigenvalue weighted by Gasteiger charge is -2.50. The maximum atomic E-state index is 13.4. The Morgan fingerprint density at radius 3 is 2.30 bits per heavy atom. The number of anilines is 1. The number of hydrazine groups is 1. The number of carbonyl (C=O) groups is 1. The smallest absolute Gasteiger partial charge is 0.379 e. The highest BCUT2D eigenvalue weighted by Gasteiger charge is 2.50. The number of fused-ring (bicyclic) bond motifs is 3. The van der Waals surface area contributed by atoms with Crippen LogP contribution in [0, 0.1) is 16.7 Å². The van der Waals surface area contributed by atoms with Crippen molar-refractivity contribution >= 4 is 22.5 Å². The van der Waals surface area contributed by atoms with E-state index in [0.29, 0.717) is 44.6 Å². The third-order valence-corrected chi connectivity index (χ3v) is 8.01.